The van der Waals surface area contributed by atoms with Crippen molar-refractivity contribution in [3.05, 3.63) is 36.0 Å². The Morgan fingerprint density at radius 1 is 1.40 bits per heavy atom. The van der Waals surface area contributed by atoms with Crippen molar-refractivity contribution in [1.29, 1.82) is 0 Å². The average molecular weight is 270 g/mol. The Morgan fingerprint density at radius 3 is 2.80 bits per heavy atom. The molecule has 0 saturated carbocycles. The largest absolute Gasteiger partial charge is 0.330 e. The highest BCUT2D eigenvalue weighted by molar-refractivity contribution is 5.98. The van der Waals surface area contributed by atoms with E-state index in [4.69, 9.17) is 5.73 Å². The molecule has 1 aromatic heterocycles. The summed E-state index contributed by atoms with van der Waals surface area (Å²) in [5, 5.41) is 7.32. The van der Waals surface area contributed by atoms with Gasteiger partial charge in [-0.05, 0) is 24.9 Å². The number of nitrogens with two attached hydrogens (primary N) is 1. The van der Waals surface area contributed by atoms with E-state index in [0.717, 1.165) is 22.6 Å². The molecule has 1 atom stereocenters. The number of aryl methyl sites for hydroxylation is 1. The number of nitrogens with zero attached hydrogens (tertiary/aromatic N) is 2. The molecule has 0 bridgehead atoms. The van der Waals surface area contributed by atoms with Crippen LogP contribution >= 0.6 is 0 Å². The molecule has 104 valence electrons. The lowest BCUT2D eigenvalue weighted by Gasteiger charge is -2.15. The number of aromatic nitrogens is 2. The smallest absolute Gasteiger partial charge is 0.228 e. The van der Waals surface area contributed by atoms with Crippen molar-refractivity contribution in [2.24, 2.45) is 11.7 Å². The number of benzene rings is 1. The summed E-state index contributed by atoms with van der Waals surface area (Å²) in [5.41, 5.74) is 8.72. The van der Waals surface area contributed by atoms with E-state index in [1.807, 2.05) is 37.3 Å². The predicted molar refractivity (Wildman–Crippen MR) is 78.3 cm³/mol. The molecule has 2 heterocycles. The molecule has 0 radical (unpaired) electrons. The van der Waals surface area contributed by atoms with Crippen molar-refractivity contribution in [2.75, 3.05) is 18.0 Å². The fraction of sp³-hybridized carbons (Fsp3) is 0.333. The number of aromatic amines is 1. The predicted octanol–water partition coefficient (Wildman–Crippen LogP) is 1.70. The zero-order valence-electron chi connectivity index (χ0n) is 11.5. The maximum atomic E-state index is 12.2. The summed E-state index contributed by atoms with van der Waals surface area (Å²) in [6.07, 6.45) is 0.511. The maximum absolute atomic E-state index is 12.2. The number of H-pyrrole nitrogens is 1. The second kappa shape index (κ2) is 5.09. The van der Waals surface area contributed by atoms with E-state index < -0.39 is 0 Å². The molecule has 1 aliphatic heterocycles. The van der Waals surface area contributed by atoms with Crippen molar-refractivity contribution < 1.29 is 4.79 Å². The normalized spacial score (nSPS) is 18.8. The van der Waals surface area contributed by atoms with E-state index in [0.29, 0.717) is 19.5 Å². The minimum atomic E-state index is 0.101. The van der Waals surface area contributed by atoms with Crippen LogP contribution < -0.4 is 10.6 Å². The zero-order valence-corrected chi connectivity index (χ0v) is 11.5. The number of carbonyl (C=O) groups is 1. The van der Waals surface area contributed by atoms with Gasteiger partial charge in [0.2, 0.25) is 5.91 Å². The molecule has 5 heteroatoms. The van der Waals surface area contributed by atoms with Crippen LogP contribution in [0.3, 0.4) is 0 Å². The highest BCUT2D eigenvalue weighted by Crippen LogP contribution is 2.34. The summed E-state index contributed by atoms with van der Waals surface area (Å²) >= 11 is 0. The topological polar surface area (TPSA) is 75.0 Å². The molecule has 3 rings (SSSR count). The standard InChI is InChI=1S/C15H18N4O/c1-10-14(12-5-3-2-4-6-12)15(18-17-10)19-9-11(8-16)7-13(19)20/h2-6,11H,7-9,16H2,1H3,(H,17,18). The Bertz CT molecular complexity index is 620. The summed E-state index contributed by atoms with van der Waals surface area (Å²) in [7, 11) is 0. The van der Waals surface area contributed by atoms with Gasteiger partial charge >= 0.3 is 0 Å². The molecule has 1 aromatic carbocycles. The first kappa shape index (κ1) is 12.9. The first-order valence-corrected chi connectivity index (χ1v) is 6.81. The van der Waals surface area contributed by atoms with Gasteiger partial charge in [-0.2, -0.15) is 5.10 Å². The molecule has 1 amide bonds. The molecular formula is C15H18N4O. The van der Waals surface area contributed by atoms with E-state index in [9.17, 15) is 4.79 Å². The van der Waals surface area contributed by atoms with Crippen LogP contribution in [0.2, 0.25) is 0 Å². The van der Waals surface area contributed by atoms with Crippen LogP contribution in [0.15, 0.2) is 30.3 Å². The first-order chi connectivity index (χ1) is 9.70. The van der Waals surface area contributed by atoms with Crippen molar-refractivity contribution in [2.45, 2.75) is 13.3 Å². The minimum Gasteiger partial charge on any atom is -0.330 e. The van der Waals surface area contributed by atoms with Crippen molar-refractivity contribution in [1.82, 2.24) is 10.2 Å². The lowest BCUT2D eigenvalue weighted by atomic mass is 10.1. The van der Waals surface area contributed by atoms with E-state index >= 15 is 0 Å². The molecule has 20 heavy (non-hydrogen) atoms. The monoisotopic (exact) mass is 270 g/mol. The van der Waals surface area contributed by atoms with Crippen LogP contribution in [0.4, 0.5) is 5.82 Å². The number of rotatable bonds is 3. The number of amides is 1. The molecule has 5 nitrogen and oxygen atoms in total. The van der Waals surface area contributed by atoms with E-state index in [1.54, 1.807) is 4.90 Å². The van der Waals surface area contributed by atoms with Gasteiger partial charge in [0.05, 0.1) is 0 Å². The summed E-state index contributed by atoms with van der Waals surface area (Å²) < 4.78 is 0. The van der Waals surface area contributed by atoms with Crippen molar-refractivity contribution in [3.63, 3.8) is 0 Å². The number of hydrogen-bond acceptors (Lipinski definition) is 3. The van der Waals surface area contributed by atoms with Gasteiger partial charge in [-0.25, -0.2) is 0 Å². The highest BCUT2D eigenvalue weighted by Gasteiger charge is 2.33. The molecule has 0 aliphatic carbocycles. The Hall–Kier alpha value is -2.14. The van der Waals surface area contributed by atoms with Crippen LogP contribution in [-0.4, -0.2) is 29.2 Å². The van der Waals surface area contributed by atoms with E-state index in [1.165, 1.54) is 0 Å². The van der Waals surface area contributed by atoms with Crippen molar-refractivity contribution in [3.8, 4) is 11.1 Å². The molecule has 1 aliphatic rings. The molecule has 2 aromatic rings. The van der Waals surface area contributed by atoms with Crippen molar-refractivity contribution >= 4 is 11.7 Å². The third-order valence-corrected chi connectivity index (χ3v) is 3.78. The summed E-state index contributed by atoms with van der Waals surface area (Å²) in [6, 6.07) is 10.0. The van der Waals surface area contributed by atoms with Gasteiger partial charge in [0, 0.05) is 24.2 Å². The lowest BCUT2D eigenvalue weighted by molar-refractivity contribution is -0.117. The van der Waals surface area contributed by atoms with Crippen LogP contribution in [0.25, 0.3) is 11.1 Å². The Morgan fingerprint density at radius 2 is 2.15 bits per heavy atom. The molecular weight excluding hydrogens is 252 g/mol. The van der Waals surface area contributed by atoms with Gasteiger partial charge in [0.25, 0.3) is 0 Å². The molecule has 1 unspecified atom stereocenters. The van der Waals surface area contributed by atoms with Crippen LogP contribution in [0.5, 0.6) is 0 Å². The number of anilines is 1. The second-order valence-corrected chi connectivity index (χ2v) is 5.22. The van der Waals surface area contributed by atoms with Gasteiger partial charge in [-0.3, -0.25) is 14.8 Å². The maximum Gasteiger partial charge on any atom is 0.228 e. The number of nitrogens with one attached hydrogen (secondary N) is 1. The minimum absolute atomic E-state index is 0.101. The highest BCUT2D eigenvalue weighted by atomic mass is 16.2. The zero-order chi connectivity index (χ0) is 14.1. The molecule has 0 spiro atoms. The summed E-state index contributed by atoms with van der Waals surface area (Å²) in [5.74, 6) is 1.04. The lowest BCUT2D eigenvalue weighted by Crippen LogP contribution is -2.26. The Kier molecular flexibility index (Phi) is 3.28. The Labute approximate surface area is 117 Å². The van der Waals surface area contributed by atoms with E-state index in [-0.39, 0.29) is 11.8 Å². The third kappa shape index (κ3) is 2.10. The average Bonchev–Trinajstić information content (AvgIpc) is 3.02. The molecule has 1 fully saturated rings. The fourth-order valence-electron chi connectivity index (χ4n) is 2.71. The van der Waals surface area contributed by atoms with Crippen LogP contribution in [0.1, 0.15) is 12.1 Å². The first-order valence-electron chi connectivity index (χ1n) is 6.81. The van der Waals surface area contributed by atoms with Crippen LogP contribution in [0, 0.1) is 12.8 Å². The number of carbonyl (C=O) groups excluding carboxylic acids is 1. The fourth-order valence-corrected chi connectivity index (χ4v) is 2.71. The molecule has 1 saturated heterocycles. The SMILES string of the molecule is Cc1[nH]nc(N2CC(CN)CC2=O)c1-c1ccccc1. The number of hydrogen-bond donors (Lipinski definition) is 2. The van der Waals surface area contributed by atoms with Gasteiger partial charge in [-0.15, -0.1) is 0 Å². The molecule has 3 N–H and O–H groups in total. The van der Waals surface area contributed by atoms with Gasteiger partial charge in [-0.1, -0.05) is 30.3 Å². The van der Waals surface area contributed by atoms with Gasteiger partial charge in [0.1, 0.15) is 0 Å². The van der Waals surface area contributed by atoms with E-state index in [2.05, 4.69) is 10.2 Å². The Balaban J connectivity index is 2.02. The van der Waals surface area contributed by atoms with Crippen LogP contribution in [-0.2, 0) is 4.79 Å². The third-order valence-electron chi connectivity index (χ3n) is 3.78. The second-order valence-electron chi connectivity index (χ2n) is 5.22. The van der Waals surface area contributed by atoms with Gasteiger partial charge < -0.3 is 5.73 Å². The quantitative estimate of drug-likeness (QED) is 0.891. The summed E-state index contributed by atoms with van der Waals surface area (Å²) in [6.45, 7) is 3.16. The van der Waals surface area contributed by atoms with Gasteiger partial charge in [0.15, 0.2) is 5.82 Å². The summed E-state index contributed by atoms with van der Waals surface area (Å²) in [4.78, 5) is 13.9.